The number of nitrogens with one attached hydrogen (secondary N) is 1. The number of Topliss-reactive ketones (excluding diaryl/α,β-unsaturated/α-hetero) is 1. The van der Waals surface area contributed by atoms with Crippen molar-refractivity contribution in [3.05, 3.63) is 34.9 Å². The number of ketones is 1. The summed E-state index contributed by atoms with van der Waals surface area (Å²) in [7, 11) is 0. The molecule has 0 aliphatic heterocycles. The molecule has 0 heterocycles. The van der Waals surface area contributed by atoms with Crippen LogP contribution in [-0.2, 0) is 24.1 Å². The molecule has 0 saturated heterocycles. The molecular weight excluding hydrogens is 222 g/mol. The minimum Gasteiger partial charge on any atom is -0.307 e. The molecule has 1 N–H and O–H groups in total. The third-order valence-corrected chi connectivity index (χ3v) is 3.82. The van der Waals surface area contributed by atoms with Crippen molar-refractivity contribution in [3.63, 3.8) is 0 Å². The molecule has 18 heavy (non-hydrogen) atoms. The molecule has 1 aliphatic carbocycles. The fraction of sp³-hybridized carbons (Fsp3) is 0.562. The van der Waals surface area contributed by atoms with Crippen LogP contribution >= 0.6 is 0 Å². The van der Waals surface area contributed by atoms with Crippen molar-refractivity contribution in [2.75, 3.05) is 6.54 Å². The van der Waals surface area contributed by atoms with Crippen LogP contribution in [-0.4, -0.2) is 18.4 Å². The minimum absolute atomic E-state index is 0.285. The lowest BCUT2D eigenvalue weighted by Crippen LogP contribution is -2.31. The molecule has 2 heteroatoms. The summed E-state index contributed by atoms with van der Waals surface area (Å²) in [5.41, 5.74) is 4.10. The summed E-state index contributed by atoms with van der Waals surface area (Å²) in [6, 6.07) is 6.97. The van der Waals surface area contributed by atoms with E-state index in [1.807, 2.05) is 0 Å². The first-order valence-electron chi connectivity index (χ1n) is 7.04. The number of aryl methyl sites for hydroxylation is 2. The maximum Gasteiger partial charge on any atom is 0.150 e. The highest BCUT2D eigenvalue weighted by molar-refractivity contribution is 5.82. The quantitative estimate of drug-likeness (QED) is 0.835. The molecule has 1 aromatic carbocycles. The molecule has 0 fully saturated rings. The van der Waals surface area contributed by atoms with Gasteiger partial charge in [-0.1, -0.05) is 25.1 Å². The number of carbonyl (C=O) groups is 1. The second-order valence-electron chi connectivity index (χ2n) is 5.36. The standard InChI is InChI=1S/C16H23NO/c1-3-12(2)17-11-16(18)10-13-7-8-14-5-4-6-15(14)9-13/h7-9,12,17H,3-6,10-11H2,1-2H3. The van der Waals surface area contributed by atoms with Gasteiger partial charge in [0.15, 0.2) is 5.78 Å². The van der Waals surface area contributed by atoms with E-state index in [0.717, 1.165) is 6.42 Å². The van der Waals surface area contributed by atoms with E-state index >= 15 is 0 Å². The highest BCUT2D eigenvalue weighted by atomic mass is 16.1. The van der Waals surface area contributed by atoms with E-state index in [9.17, 15) is 4.79 Å². The van der Waals surface area contributed by atoms with Crippen LogP contribution in [0.4, 0.5) is 0 Å². The summed E-state index contributed by atoms with van der Waals surface area (Å²) in [6.45, 7) is 4.73. The number of benzene rings is 1. The molecule has 1 unspecified atom stereocenters. The molecule has 2 rings (SSSR count). The molecule has 1 atom stereocenters. The zero-order valence-corrected chi connectivity index (χ0v) is 11.5. The Bertz CT molecular complexity index is 425. The van der Waals surface area contributed by atoms with Crippen LogP contribution in [0.5, 0.6) is 0 Å². The molecule has 0 bridgehead atoms. The van der Waals surface area contributed by atoms with Gasteiger partial charge in [0.05, 0.1) is 6.54 Å². The SMILES string of the molecule is CCC(C)NCC(=O)Cc1ccc2c(c1)CCC2. The third-order valence-electron chi connectivity index (χ3n) is 3.82. The van der Waals surface area contributed by atoms with Crippen LogP contribution in [0.1, 0.15) is 43.4 Å². The van der Waals surface area contributed by atoms with Crippen molar-refractivity contribution in [1.82, 2.24) is 5.32 Å². The first-order chi connectivity index (χ1) is 8.69. The summed E-state index contributed by atoms with van der Waals surface area (Å²) < 4.78 is 0. The number of hydrogen-bond acceptors (Lipinski definition) is 2. The maximum atomic E-state index is 11.9. The van der Waals surface area contributed by atoms with Gasteiger partial charge >= 0.3 is 0 Å². The lowest BCUT2D eigenvalue weighted by Gasteiger charge is -2.10. The summed E-state index contributed by atoms with van der Waals surface area (Å²) in [4.78, 5) is 11.9. The lowest BCUT2D eigenvalue weighted by molar-refractivity contribution is -0.117. The van der Waals surface area contributed by atoms with Crippen LogP contribution < -0.4 is 5.32 Å². The Balaban J connectivity index is 1.87. The Hall–Kier alpha value is -1.15. The van der Waals surface area contributed by atoms with Gasteiger partial charge in [-0.15, -0.1) is 0 Å². The van der Waals surface area contributed by atoms with E-state index in [2.05, 4.69) is 37.4 Å². The molecule has 0 spiro atoms. The predicted octanol–water partition coefficient (Wildman–Crippen LogP) is 2.68. The molecule has 0 aromatic heterocycles. The van der Waals surface area contributed by atoms with Crippen LogP contribution in [0.15, 0.2) is 18.2 Å². The first kappa shape index (κ1) is 13.3. The van der Waals surface area contributed by atoms with Gasteiger partial charge in [0, 0.05) is 12.5 Å². The van der Waals surface area contributed by atoms with E-state index < -0.39 is 0 Å². The first-order valence-corrected chi connectivity index (χ1v) is 7.04. The third kappa shape index (κ3) is 3.42. The van der Waals surface area contributed by atoms with Crippen molar-refractivity contribution in [2.45, 2.75) is 52.0 Å². The fourth-order valence-corrected chi connectivity index (χ4v) is 2.46. The highest BCUT2D eigenvalue weighted by Gasteiger charge is 2.12. The topological polar surface area (TPSA) is 29.1 Å². The normalized spacial score (nSPS) is 15.4. The van der Waals surface area contributed by atoms with Crippen LogP contribution in [0.25, 0.3) is 0 Å². The Morgan fingerprint density at radius 1 is 1.33 bits per heavy atom. The average Bonchev–Trinajstić information content (AvgIpc) is 2.83. The Morgan fingerprint density at radius 2 is 2.11 bits per heavy atom. The van der Waals surface area contributed by atoms with Crippen molar-refractivity contribution in [3.8, 4) is 0 Å². The molecule has 1 aliphatic rings. The molecule has 0 amide bonds. The molecule has 1 aromatic rings. The smallest absolute Gasteiger partial charge is 0.150 e. The van der Waals surface area contributed by atoms with Gasteiger partial charge in [0.25, 0.3) is 0 Å². The number of rotatable bonds is 6. The van der Waals surface area contributed by atoms with Crippen LogP contribution in [0.3, 0.4) is 0 Å². The highest BCUT2D eigenvalue weighted by Crippen LogP contribution is 2.22. The number of fused-ring (bicyclic) bond motifs is 1. The fourth-order valence-electron chi connectivity index (χ4n) is 2.46. The largest absolute Gasteiger partial charge is 0.307 e. The molecule has 2 nitrogen and oxygen atoms in total. The minimum atomic E-state index is 0.285. The molecule has 0 radical (unpaired) electrons. The molecule has 0 saturated carbocycles. The Kier molecular flexibility index (Phi) is 4.54. The average molecular weight is 245 g/mol. The van der Waals surface area contributed by atoms with Gasteiger partial charge in [-0.05, 0) is 49.3 Å². The second-order valence-corrected chi connectivity index (χ2v) is 5.36. The van der Waals surface area contributed by atoms with E-state index in [0.29, 0.717) is 19.0 Å². The van der Waals surface area contributed by atoms with Gasteiger partial charge in [0.1, 0.15) is 0 Å². The summed E-state index contributed by atoms with van der Waals surface area (Å²) in [5, 5.41) is 3.26. The molecule has 98 valence electrons. The van der Waals surface area contributed by atoms with E-state index in [-0.39, 0.29) is 5.78 Å². The van der Waals surface area contributed by atoms with Crippen molar-refractivity contribution in [2.24, 2.45) is 0 Å². The predicted molar refractivity (Wildman–Crippen MR) is 74.9 cm³/mol. The van der Waals surface area contributed by atoms with E-state index in [4.69, 9.17) is 0 Å². The van der Waals surface area contributed by atoms with Gasteiger partial charge < -0.3 is 5.32 Å². The van der Waals surface area contributed by atoms with Crippen molar-refractivity contribution < 1.29 is 4.79 Å². The van der Waals surface area contributed by atoms with Crippen molar-refractivity contribution >= 4 is 5.78 Å². The van der Waals surface area contributed by atoms with E-state index in [1.165, 1.54) is 36.0 Å². The zero-order valence-electron chi connectivity index (χ0n) is 11.5. The monoisotopic (exact) mass is 245 g/mol. The van der Waals surface area contributed by atoms with Gasteiger partial charge in [-0.3, -0.25) is 4.79 Å². The maximum absolute atomic E-state index is 11.9. The van der Waals surface area contributed by atoms with Crippen LogP contribution in [0, 0.1) is 0 Å². The van der Waals surface area contributed by atoms with Gasteiger partial charge in [-0.2, -0.15) is 0 Å². The van der Waals surface area contributed by atoms with Gasteiger partial charge in [0.2, 0.25) is 0 Å². The number of hydrogen-bond donors (Lipinski definition) is 1. The van der Waals surface area contributed by atoms with Crippen molar-refractivity contribution in [1.29, 1.82) is 0 Å². The van der Waals surface area contributed by atoms with E-state index in [1.54, 1.807) is 0 Å². The van der Waals surface area contributed by atoms with Gasteiger partial charge in [-0.25, -0.2) is 0 Å². The summed E-state index contributed by atoms with van der Waals surface area (Å²) >= 11 is 0. The Morgan fingerprint density at radius 3 is 2.89 bits per heavy atom. The lowest BCUT2D eigenvalue weighted by atomic mass is 10.0. The van der Waals surface area contributed by atoms with Crippen LogP contribution in [0.2, 0.25) is 0 Å². The second kappa shape index (κ2) is 6.14. The number of carbonyl (C=O) groups excluding carboxylic acids is 1. The summed E-state index contributed by atoms with van der Waals surface area (Å²) in [5.74, 6) is 0.285. The molecular formula is C16H23NO. The summed E-state index contributed by atoms with van der Waals surface area (Å²) in [6.07, 6.45) is 5.28. The Labute approximate surface area is 110 Å². The zero-order chi connectivity index (χ0) is 13.0.